The molecule has 0 unspecified atom stereocenters. The van der Waals surface area contributed by atoms with E-state index in [-0.39, 0.29) is 12.6 Å². The Morgan fingerprint density at radius 3 is 2.42 bits per heavy atom. The fourth-order valence-electron chi connectivity index (χ4n) is 1.02. The van der Waals surface area contributed by atoms with Crippen LogP contribution in [0.1, 0.15) is 18.0 Å². The van der Waals surface area contributed by atoms with E-state index in [9.17, 15) is 0 Å². The van der Waals surface area contributed by atoms with Gasteiger partial charge in [-0.1, -0.05) is 12.1 Å². The van der Waals surface area contributed by atoms with Crippen molar-refractivity contribution in [2.75, 3.05) is 6.61 Å². The van der Waals surface area contributed by atoms with Gasteiger partial charge in [-0.25, -0.2) is 0 Å². The van der Waals surface area contributed by atoms with Gasteiger partial charge in [0.1, 0.15) is 0 Å². The first-order chi connectivity index (χ1) is 5.74. The van der Waals surface area contributed by atoms with Gasteiger partial charge in [0.25, 0.3) is 0 Å². The Balaban J connectivity index is 2.68. The third kappa shape index (κ3) is 2.73. The molecule has 0 fully saturated rings. The van der Waals surface area contributed by atoms with E-state index >= 15 is 0 Å². The zero-order chi connectivity index (χ0) is 8.97. The van der Waals surface area contributed by atoms with Gasteiger partial charge in [-0.05, 0) is 46.7 Å². The molecule has 1 rings (SSSR count). The summed E-state index contributed by atoms with van der Waals surface area (Å²) < 4.78 is 1.20. The molecule has 0 saturated carbocycles. The number of hydrogen-bond donors (Lipinski definition) is 2. The molecular weight excluding hydrogens is 265 g/mol. The van der Waals surface area contributed by atoms with Crippen molar-refractivity contribution in [1.82, 2.24) is 0 Å². The lowest BCUT2D eigenvalue weighted by Crippen LogP contribution is -2.11. The molecular formula is C9H12INO. The number of halogens is 1. The Kier molecular flexibility index (Phi) is 3.97. The number of rotatable bonds is 3. The highest BCUT2D eigenvalue weighted by Gasteiger charge is 2.03. The van der Waals surface area contributed by atoms with Crippen LogP contribution in [-0.2, 0) is 0 Å². The summed E-state index contributed by atoms with van der Waals surface area (Å²) in [6.45, 7) is 0.146. The molecule has 0 aliphatic rings. The Morgan fingerprint density at radius 2 is 1.92 bits per heavy atom. The predicted octanol–water partition coefficient (Wildman–Crippen LogP) is 1.67. The largest absolute Gasteiger partial charge is 0.396 e. The second-order valence-electron chi connectivity index (χ2n) is 2.67. The van der Waals surface area contributed by atoms with Crippen molar-refractivity contribution in [2.45, 2.75) is 12.5 Å². The highest BCUT2D eigenvalue weighted by molar-refractivity contribution is 14.1. The fourth-order valence-corrected chi connectivity index (χ4v) is 1.38. The van der Waals surface area contributed by atoms with E-state index in [4.69, 9.17) is 10.8 Å². The molecule has 1 atom stereocenters. The lowest BCUT2D eigenvalue weighted by Gasteiger charge is -2.09. The molecule has 12 heavy (non-hydrogen) atoms. The van der Waals surface area contributed by atoms with E-state index in [1.807, 2.05) is 24.3 Å². The summed E-state index contributed by atoms with van der Waals surface area (Å²) in [6, 6.07) is 8.01. The minimum Gasteiger partial charge on any atom is -0.396 e. The van der Waals surface area contributed by atoms with Crippen molar-refractivity contribution in [3.8, 4) is 0 Å². The maximum Gasteiger partial charge on any atom is 0.0449 e. The number of aliphatic hydroxyl groups is 1. The number of benzene rings is 1. The zero-order valence-corrected chi connectivity index (χ0v) is 8.86. The summed E-state index contributed by atoms with van der Waals surface area (Å²) in [5.74, 6) is 0. The topological polar surface area (TPSA) is 46.2 Å². The molecule has 1 aromatic carbocycles. The molecule has 0 spiro atoms. The van der Waals surface area contributed by atoms with Gasteiger partial charge in [0, 0.05) is 16.2 Å². The van der Waals surface area contributed by atoms with Gasteiger partial charge in [0.2, 0.25) is 0 Å². The summed E-state index contributed by atoms with van der Waals surface area (Å²) in [5, 5.41) is 8.67. The van der Waals surface area contributed by atoms with Gasteiger partial charge < -0.3 is 10.8 Å². The van der Waals surface area contributed by atoms with Crippen LogP contribution in [-0.4, -0.2) is 11.7 Å². The molecule has 0 heterocycles. The van der Waals surface area contributed by atoms with Gasteiger partial charge in [-0.2, -0.15) is 0 Å². The third-order valence-corrected chi connectivity index (χ3v) is 2.46. The molecule has 0 saturated heterocycles. The predicted molar refractivity (Wildman–Crippen MR) is 57.8 cm³/mol. The highest BCUT2D eigenvalue weighted by Crippen LogP contribution is 2.14. The Labute approximate surface area is 85.9 Å². The lowest BCUT2D eigenvalue weighted by atomic mass is 10.1. The van der Waals surface area contributed by atoms with Crippen LogP contribution in [0.25, 0.3) is 0 Å². The first-order valence-corrected chi connectivity index (χ1v) is 4.94. The molecule has 0 bridgehead atoms. The van der Waals surface area contributed by atoms with Crippen LogP contribution in [0.3, 0.4) is 0 Å². The zero-order valence-electron chi connectivity index (χ0n) is 6.70. The molecule has 0 aliphatic heterocycles. The quantitative estimate of drug-likeness (QED) is 0.826. The molecule has 3 heteroatoms. The number of nitrogens with two attached hydrogens (primary N) is 1. The minimum atomic E-state index is -0.0352. The number of aliphatic hydroxyl groups excluding tert-OH is 1. The van der Waals surface area contributed by atoms with E-state index in [1.54, 1.807) is 0 Å². The van der Waals surface area contributed by atoms with Crippen LogP contribution >= 0.6 is 22.6 Å². The first-order valence-electron chi connectivity index (χ1n) is 3.86. The van der Waals surface area contributed by atoms with E-state index in [0.29, 0.717) is 6.42 Å². The Hall–Kier alpha value is -0.130. The standard InChI is InChI=1S/C9H12INO/c10-8-3-1-7(2-4-8)9(11)5-6-12/h1-4,9,12H,5-6,11H2/t9-/m0/s1. The van der Waals surface area contributed by atoms with Crippen LogP contribution in [0.15, 0.2) is 24.3 Å². The van der Waals surface area contributed by atoms with Gasteiger partial charge in [-0.15, -0.1) is 0 Å². The van der Waals surface area contributed by atoms with Crippen LogP contribution < -0.4 is 5.73 Å². The second-order valence-corrected chi connectivity index (χ2v) is 3.92. The van der Waals surface area contributed by atoms with Crippen molar-refractivity contribution in [3.05, 3.63) is 33.4 Å². The number of hydrogen-bond acceptors (Lipinski definition) is 2. The van der Waals surface area contributed by atoms with Gasteiger partial charge in [0.05, 0.1) is 0 Å². The Bertz CT molecular complexity index is 235. The average Bonchev–Trinajstić information content (AvgIpc) is 2.06. The third-order valence-electron chi connectivity index (χ3n) is 1.74. The molecule has 0 aromatic heterocycles. The fraction of sp³-hybridized carbons (Fsp3) is 0.333. The van der Waals surface area contributed by atoms with Crippen LogP contribution in [0, 0.1) is 3.57 Å². The summed E-state index contributed by atoms with van der Waals surface area (Å²) in [7, 11) is 0. The maximum atomic E-state index is 8.67. The summed E-state index contributed by atoms with van der Waals surface area (Å²) in [4.78, 5) is 0. The molecule has 66 valence electrons. The van der Waals surface area contributed by atoms with Crippen molar-refractivity contribution >= 4 is 22.6 Å². The normalized spacial score (nSPS) is 12.9. The van der Waals surface area contributed by atoms with E-state index < -0.39 is 0 Å². The van der Waals surface area contributed by atoms with Crippen molar-refractivity contribution in [3.63, 3.8) is 0 Å². The minimum absolute atomic E-state index is 0.0352. The SMILES string of the molecule is N[C@@H](CCO)c1ccc(I)cc1. The summed E-state index contributed by atoms with van der Waals surface area (Å²) in [6.07, 6.45) is 0.626. The Morgan fingerprint density at radius 1 is 1.33 bits per heavy atom. The van der Waals surface area contributed by atoms with E-state index in [0.717, 1.165) is 5.56 Å². The van der Waals surface area contributed by atoms with Crippen molar-refractivity contribution < 1.29 is 5.11 Å². The van der Waals surface area contributed by atoms with Crippen molar-refractivity contribution in [2.24, 2.45) is 5.73 Å². The summed E-state index contributed by atoms with van der Waals surface area (Å²) in [5.41, 5.74) is 6.88. The van der Waals surface area contributed by atoms with Gasteiger partial charge in [-0.3, -0.25) is 0 Å². The average molecular weight is 277 g/mol. The monoisotopic (exact) mass is 277 g/mol. The van der Waals surface area contributed by atoms with Crippen LogP contribution in [0.4, 0.5) is 0 Å². The van der Waals surface area contributed by atoms with Crippen molar-refractivity contribution in [1.29, 1.82) is 0 Å². The molecule has 0 radical (unpaired) electrons. The summed E-state index contributed by atoms with van der Waals surface area (Å²) >= 11 is 2.25. The molecule has 3 N–H and O–H groups in total. The molecule has 0 aliphatic carbocycles. The highest BCUT2D eigenvalue weighted by atomic mass is 127. The molecule has 0 amide bonds. The van der Waals surface area contributed by atoms with E-state index in [1.165, 1.54) is 3.57 Å². The maximum absolute atomic E-state index is 8.67. The lowest BCUT2D eigenvalue weighted by molar-refractivity contribution is 0.276. The molecule has 2 nitrogen and oxygen atoms in total. The smallest absolute Gasteiger partial charge is 0.0449 e. The van der Waals surface area contributed by atoms with Crippen LogP contribution in [0.5, 0.6) is 0 Å². The van der Waals surface area contributed by atoms with Crippen LogP contribution in [0.2, 0.25) is 0 Å². The molecule has 1 aromatic rings. The van der Waals surface area contributed by atoms with Gasteiger partial charge >= 0.3 is 0 Å². The first kappa shape index (κ1) is 9.95. The van der Waals surface area contributed by atoms with E-state index in [2.05, 4.69) is 22.6 Å². The van der Waals surface area contributed by atoms with Gasteiger partial charge in [0.15, 0.2) is 0 Å². The second kappa shape index (κ2) is 4.79.